The minimum atomic E-state index is -3.65. The maximum atomic E-state index is 12.4. The van der Waals surface area contributed by atoms with Crippen LogP contribution >= 0.6 is 0 Å². The van der Waals surface area contributed by atoms with E-state index in [0.29, 0.717) is 11.1 Å². The summed E-state index contributed by atoms with van der Waals surface area (Å²) in [6, 6.07) is 15.4. The van der Waals surface area contributed by atoms with Crippen LogP contribution in [0.15, 0.2) is 70.5 Å². The van der Waals surface area contributed by atoms with Gasteiger partial charge in [0.15, 0.2) is 19.7 Å². The van der Waals surface area contributed by atoms with Gasteiger partial charge in [0, 0.05) is 5.41 Å². The lowest BCUT2D eigenvalue weighted by Gasteiger charge is -2.06. The van der Waals surface area contributed by atoms with Crippen molar-refractivity contribution in [3.8, 4) is 0 Å². The second-order valence-electron chi connectivity index (χ2n) is 5.84. The number of aryl methyl sites for hydroxylation is 1. The Morgan fingerprint density at radius 1 is 0.958 bits per heavy atom. The fraction of sp³-hybridized carbons (Fsp3) is 0.222. The first-order valence-electron chi connectivity index (χ1n) is 7.41. The first-order chi connectivity index (χ1) is 11.2. The van der Waals surface area contributed by atoms with Crippen LogP contribution in [0.1, 0.15) is 18.1 Å². The molecule has 0 fully saturated rings. The third-order valence-electron chi connectivity index (χ3n) is 3.35. The molecule has 0 radical (unpaired) electrons. The summed E-state index contributed by atoms with van der Waals surface area (Å²) in [4.78, 5) is 0.169. The van der Waals surface area contributed by atoms with Crippen LogP contribution in [0, 0.1) is 6.92 Å². The van der Waals surface area contributed by atoms with Gasteiger partial charge in [-0.15, -0.1) is 0 Å². The van der Waals surface area contributed by atoms with E-state index in [-0.39, 0.29) is 16.4 Å². The SMILES string of the molecule is CC(=CS(=O)(=O)c1cccc(C)c1)CS(=O)(=O)Cc1ccccc1. The molecule has 0 amide bonds. The molecule has 0 heterocycles. The van der Waals surface area contributed by atoms with Crippen LogP contribution in [-0.2, 0) is 25.4 Å². The van der Waals surface area contributed by atoms with Gasteiger partial charge in [0.25, 0.3) is 0 Å². The topological polar surface area (TPSA) is 68.3 Å². The molecule has 0 spiro atoms. The van der Waals surface area contributed by atoms with Crippen molar-refractivity contribution in [1.29, 1.82) is 0 Å². The second kappa shape index (κ2) is 7.32. The monoisotopic (exact) mass is 364 g/mol. The number of hydrogen-bond donors (Lipinski definition) is 0. The fourth-order valence-electron chi connectivity index (χ4n) is 2.39. The van der Waals surface area contributed by atoms with Gasteiger partial charge in [-0.1, -0.05) is 42.5 Å². The first kappa shape index (κ1) is 18.4. The average Bonchev–Trinajstić information content (AvgIpc) is 2.46. The normalized spacial score (nSPS) is 13.0. The fourth-order valence-corrected chi connectivity index (χ4v) is 5.44. The molecule has 2 aromatic carbocycles. The molecule has 0 aliphatic rings. The molecule has 0 bridgehead atoms. The smallest absolute Gasteiger partial charge is 0.199 e. The Bertz CT molecular complexity index is 942. The standard InChI is InChI=1S/C18H20O4S2/c1-15-7-6-10-18(11-15)24(21,22)13-16(2)12-23(19,20)14-17-8-4-3-5-9-17/h3-11,13H,12,14H2,1-2H3. The third-order valence-corrected chi connectivity index (χ3v) is 6.64. The molecule has 0 aromatic heterocycles. The van der Waals surface area contributed by atoms with Crippen molar-refractivity contribution < 1.29 is 16.8 Å². The summed E-state index contributed by atoms with van der Waals surface area (Å²) in [5, 5.41) is 1.05. The number of rotatable bonds is 6. The van der Waals surface area contributed by atoms with Crippen molar-refractivity contribution >= 4 is 19.7 Å². The zero-order valence-corrected chi connectivity index (χ0v) is 15.3. The maximum absolute atomic E-state index is 12.4. The Hall–Kier alpha value is -1.92. The molecule has 0 atom stereocenters. The molecule has 0 N–H and O–H groups in total. The van der Waals surface area contributed by atoms with E-state index in [4.69, 9.17) is 0 Å². The van der Waals surface area contributed by atoms with E-state index in [1.807, 2.05) is 6.07 Å². The van der Waals surface area contributed by atoms with Gasteiger partial charge < -0.3 is 0 Å². The Balaban J connectivity index is 2.18. The molecule has 4 nitrogen and oxygen atoms in total. The number of sulfone groups is 2. The van der Waals surface area contributed by atoms with Crippen LogP contribution in [0.4, 0.5) is 0 Å². The van der Waals surface area contributed by atoms with Crippen molar-refractivity contribution in [2.45, 2.75) is 24.5 Å². The summed E-state index contributed by atoms with van der Waals surface area (Å²) >= 11 is 0. The summed E-state index contributed by atoms with van der Waals surface area (Å²) in [5.74, 6) is -0.392. The van der Waals surface area contributed by atoms with Gasteiger partial charge in [-0.3, -0.25) is 0 Å². The van der Waals surface area contributed by atoms with E-state index >= 15 is 0 Å². The predicted octanol–water partition coefficient (Wildman–Crippen LogP) is 3.29. The Morgan fingerprint density at radius 3 is 2.25 bits per heavy atom. The molecular weight excluding hydrogens is 344 g/mol. The summed E-state index contributed by atoms with van der Waals surface area (Å²) in [7, 11) is -7.08. The highest BCUT2D eigenvalue weighted by Crippen LogP contribution is 2.17. The largest absolute Gasteiger partial charge is 0.228 e. The van der Waals surface area contributed by atoms with E-state index in [1.54, 1.807) is 49.4 Å². The van der Waals surface area contributed by atoms with Crippen molar-refractivity contribution in [3.05, 3.63) is 76.7 Å². The van der Waals surface area contributed by atoms with Crippen molar-refractivity contribution in [3.63, 3.8) is 0 Å². The summed E-state index contributed by atoms with van der Waals surface area (Å²) in [5.41, 5.74) is 1.82. The third kappa shape index (κ3) is 5.32. The molecule has 0 saturated heterocycles. The molecule has 128 valence electrons. The first-order valence-corrected chi connectivity index (χ1v) is 10.8. The van der Waals surface area contributed by atoms with Gasteiger partial charge in [0.2, 0.25) is 0 Å². The second-order valence-corrected chi connectivity index (χ2v) is 9.71. The van der Waals surface area contributed by atoms with E-state index in [0.717, 1.165) is 11.0 Å². The zero-order chi connectivity index (χ0) is 17.8. The highest BCUT2D eigenvalue weighted by atomic mass is 32.2. The summed E-state index contributed by atoms with van der Waals surface area (Å²) < 4.78 is 49.2. The quantitative estimate of drug-likeness (QED) is 0.789. The number of hydrogen-bond acceptors (Lipinski definition) is 4. The van der Waals surface area contributed by atoms with Gasteiger partial charge in [0.1, 0.15) is 0 Å². The van der Waals surface area contributed by atoms with Crippen LogP contribution in [-0.4, -0.2) is 22.6 Å². The maximum Gasteiger partial charge on any atom is 0.199 e. The van der Waals surface area contributed by atoms with Gasteiger partial charge >= 0.3 is 0 Å². The molecule has 6 heteroatoms. The van der Waals surface area contributed by atoms with Crippen LogP contribution in [0.25, 0.3) is 0 Å². The molecule has 24 heavy (non-hydrogen) atoms. The van der Waals surface area contributed by atoms with Crippen molar-refractivity contribution in [2.24, 2.45) is 0 Å². The van der Waals surface area contributed by atoms with Crippen molar-refractivity contribution in [1.82, 2.24) is 0 Å². The lowest BCUT2D eigenvalue weighted by atomic mass is 10.2. The highest BCUT2D eigenvalue weighted by molar-refractivity contribution is 7.94. The molecule has 2 aromatic rings. The Morgan fingerprint density at radius 2 is 1.62 bits per heavy atom. The minimum Gasteiger partial charge on any atom is -0.228 e. The summed E-state index contributed by atoms with van der Waals surface area (Å²) in [6.45, 7) is 3.33. The zero-order valence-electron chi connectivity index (χ0n) is 13.6. The van der Waals surface area contributed by atoms with Crippen LogP contribution in [0.2, 0.25) is 0 Å². The Kier molecular flexibility index (Phi) is 5.62. The van der Waals surface area contributed by atoms with Crippen LogP contribution < -0.4 is 0 Å². The lowest BCUT2D eigenvalue weighted by molar-refractivity contribution is 0.597. The summed E-state index contributed by atoms with van der Waals surface area (Å²) in [6.07, 6.45) is 0. The molecule has 0 saturated carbocycles. The van der Waals surface area contributed by atoms with E-state index in [2.05, 4.69) is 0 Å². The van der Waals surface area contributed by atoms with Gasteiger partial charge in [0.05, 0.1) is 16.4 Å². The van der Waals surface area contributed by atoms with Crippen LogP contribution in [0.5, 0.6) is 0 Å². The van der Waals surface area contributed by atoms with E-state index in [9.17, 15) is 16.8 Å². The van der Waals surface area contributed by atoms with Crippen LogP contribution in [0.3, 0.4) is 0 Å². The lowest BCUT2D eigenvalue weighted by Crippen LogP contribution is -2.11. The molecule has 0 unspecified atom stereocenters. The Labute approximate surface area is 143 Å². The predicted molar refractivity (Wildman–Crippen MR) is 96.1 cm³/mol. The van der Waals surface area contributed by atoms with E-state index < -0.39 is 19.7 Å². The van der Waals surface area contributed by atoms with Gasteiger partial charge in [-0.2, -0.15) is 0 Å². The van der Waals surface area contributed by atoms with E-state index in [1.165, 1.54) is 13.0 Å². The highest BCUT2D eigenvalue weighted by Gasteiger charge is 2.16. The molecule has 2 rings (SSSR count). The van der Waals surface area contributed by atoms with Gasteiger partial charge in [-0.05, 0) is 42.7 Å². The number of benzene rings is 2. The average molecular weight is 364 g/mol. The molecule has 0 aliphatic heterocycles. The minimum absolute atomic E-state index is 0.108. The molecular formula is C18H20O4S2. The van der Waals surface area contributed by atoms with Crippen molar-refractivity contribution in [2.75, 3.05) is 5.75 Å². The molecule has 0 aliphatic carbocycles. The van der Waals surface area contributed by atoms with Gasteiger partial charge in [-0.25, -0.2) is 16.8 Å².